The predicted octanol–water partition coefficient (Wildman–Crippen LogP) is 3.04. The van der Waals surface area contributed by atoms with E-state index >= 15 is 0 Å². The number of ketones is 1. The number of hydrogen-bond donors (Lipinski definition) is 5. The monoisotopic (exact) mass is 665 g/mol. The minimum Gasteiger partial charge on any atom is -0.387 e. The highest BCUT2D eigenvalue weighted by atomic mass is 16.5. The highest BCUT2D eigenvalue weighted by Gasteiger charge is 2.76. The fourth-order valence-electron chi connectivity index (χ4n) is 12.8. The molecule has 2 saturated heterocycles. The molecule has 5 bridgehead atoms. The summed E-state index contributed by atoms with van der Waals surface area (Å²) in [6, 6.07) is -0.103. The van der Waals surface area contributed by atoms with E-state index in [2.05, 4.69) is 37.1 Å². The van der Waals surface area contributed by atoms with Gasteiger partial charge in [-0.25, -0.2) is 0 Å². The van der Waals surface area contributed by atoms with Crippen LogP contribution < -0.4 is 5.32 Å². The molecule has 9 heteroatoms. The number of ether oxygens (including phenoxy) is 3. The highest BCUT2D eigenvalue weighted by Crippen LogP contribution is 2.73. The van der Waals surface area contributed by atoms with E-state index in [1.165, 1.54) is 0 Å². The van der Waals surface area contributed by atoms with Gasteiger partial charge in [0.1, 0.15) is 17.8 Å². The van der Waals surface area contributed by atoms with E-state index in [1.54, 1.807) is 26.2 Å². The molecule has 5 N–H and O–H groups in total. The van der Waals surface area contributed by atoms with Crippen molar-refractivity contribution in [2.24, 2.45) is 45.8 Å². The number of rotatable bonds is 5. The Morgan fingerprint density at radius 1 is 1.06 bits per heavy atom. The van der Waals surface area contributed by atoms with Gasteiger partial charge in [-0.1, -0.05) is 32.8 Å². The SMILES string of the molecule is COCCCOC1CCC2(C)C(C1)C(=O)C=C1C2CCC2(C)C1(O)CCC21C#CCC2NC3(O)C=CC2C2C(C)C(OC23)C(O)C1(C)O. The fraction of sp³-hybridized carbons (Fsp3) is 0.821. The third-order valence-electron chi connectivity index (χ3n) is 15.6. The van der Waals surface area contributed by atoms with Crippen molar-refractivity contribution in [1.29, 1.82) is 0 Å². The lowest BCUT2D eigenvalue weighted by atomic mass is 9.43. The number of fused-ring (bicyclic) bond motifs is 7. The summed E-state index contributed by atoms with van der Waals surface area (Å²) in [4.78, 5) is 14.1. The number of aliphatic hydroxyl groups is 4. The Labute approximate surface area is 284 Å². The molecule has 48 heavy (non-hydrogen) atoms. The minimum atomic E-state index is -1.75. The Bertz CT molecular complexity index is 1480. The number of carbonyl (C=O) groups is 1. The Morgan fingerprint density at radius 2 is 1.85 bits per heavy atom. The fourth-order valence-corrected chi connectivity index (χ4v) is 12.8. The maximum Gasteiger partial charge on any atom is 0.162 e. The highest BCUT2D eigenvalue weighted by molar-refractivity contribution is 5.95. The van der Waals surface area contributed by atoms with Gasteiger partial charge in [-0.2, -0.15) is 0 Å². The molecule has 0 aromatic carbocycles. The predicted molar refractivity (Wildman–Crippen MR) is 177 cm³/mol. The normalized spacial score (nSPS) is 56.2. The molecule has 9 nitrogen and oxygen atoms in total. The van der Waals surface area contributed by atoms with Crippen molar-refractivity contribution in [1.82, 2.24) is 5.32 Å². The molecule has 16 unspecified atom stereocenters. The standard InChI is InChI=1S/C39H55NO8/c1-22-30-24-10-15-39(45)33(30)48-31(22)32(42)36(4,43)37(12-6-8-28(24)40-39)16-17-38(44)26-21-29(41)27-20-23(47-19-7-18-46-5)9-13-34(27,2)25(26)11-14-35(37,38)3/h10,15,21-25,27-28,30-33,40,42-45H,7-9,11,13-14,16-20H2,1-5H3. The summed E-state index contributed by atoms with van der Waals surface area (Å²) >= 11 is 0. The summed E-state index contributed by atoms with van der Waals surface area (Å²) in [5.41, 5.74) is -6.08. The van der Waals surface area contributed by atoms with Gasteiger partial charge in [0.05, 0.1) is 23.2 Å². The quantitative estimate of drug-likeness (QED) is 0.171. The van der Waals surface area contributed by atoms with Crippen molar-refractivity contribution in [3.8, 4) is 11.8 Å². The lowest BCUT2D eigenvalue weighted by Gasteiger charge is -2.62. The van der Waals surface area contributed by atoms with Crippen LogP contribution in [0.5, 0.6) is 0 Å². The van der Waals surface area contributed by atoms with Crippen LogP contribution in [0.25, 0.3) is 0 Å². The van der Waals surface area contributed by atoms with Gasteiger partial charge < -0.3 is 34.6 Å². The molecule has 5 fully saturated rings. The lowest BCUT2D eigenvalue weighted by molar-refractivity contribution is -0.228. The van der Waals surface area contributed by atoms with Gasteiger partial charge in [0.2, 0.25) is 0 Å². The molecule has 3 aliphatic heterocycles. The first-order valence-corrected chi connectivity index (χ1v) is 18.5. The average Bonchev–Trinajstić information content (AvgIpc) is 3.53. The molecule has 16 atom stereocenters. The van der Waals surface area contributed by atoms with Crippen LogP contribution >= 0.6 is 0 Å². The van der Waals surface area contributed by atoms with Crippen LogP contribution in [0, 0.1) is 57.7 Å². The van der Waals surface area contributed by atoms with Crippen LogP contribution in [-0.4, -0.2) is 93.9 Å². The van der Waals surface area contributed by atoms with Crippen molar-refractivity contribution < 1.29 is 39.4 Å². The minimum absolute atomic E-state index is 0.0259. The Morgan fingerprint density at radius 3 is 2.62 bits per heavy atom. The summed E-state index contributed by atoms with van der Waals surface area (Å²) in [7, 11) is 1.69. The molecule has 0 radical (unpaired) electrons. The molecule has 6 aliphatic carbocycles. The molecular weight excluding hydrogens is 610 g/mol. The number of allylic oxidation sites excluding steroid dienone is 1. The van der Waals surface area contributed by atoms with E-state index in [0.717, 1.165) is 31.3 Å². The van der Waals surface area contributed by atoms with Gasteiger partial charge >= 0.3 is 0 Å². The van der Waals surface area contributed by atoms with Gasteiger partial charge in [-0.15, -0.1) is 5.92 Å². The Balaban J connectivity index is 1.16. The van der Waals surface area contributed by atoms with Crippen LogP contribution in [0.1, 0.15) is 85.5 Å². The van der Waals surface area contributed by atoms with Crippen LogP contribution in [-0.2, 0) is 19.0 Å². The molecule has 0 amide bonds. The zero-order valence-corrected chi connectivity index (χ0v) is 29.2. The number of hydrogen-bond acceptors (Lipinski definition) is 9. The van der Waals surface area contributed by atoms with Crippen molar-refractivity contribution in [2.75, 3.05) is 20.3 Å². The first kappa shape index (κ1) is 33.5. The second-order valence-electron chi connectivity index (χ2n) is 17.4. The molecule has 9 aliphatic rings. The van der Waals surface area contributed by atoms with Crippen molar-refractivity contribution in [3.63, 3.8) is 0 Å². The first-order chi connectivity index (χ1) is 22.7. The molecule has 0 aromatic rings. The van der Waals surface area contributed by atoms with Crippen molar-refractivity contribution >= 4 is 5.78 Å². The van der Waals surface area contributed by atoms with Gasteiger partial charge in [0, 0.05) is 50.0 Å². The van der Waals surface area contributed by atoms with E-state index in [-0.39, 0.29) is 52.9 Å². The average molecular weight is 666 g/mol. The van der Waals surface area contributed by atoms with E-state index in [0.29, 0.717) is 45.3 Å². The second-order valence-corrected chi connectivity index (χ2v) is 17.4. The molecule has 264 valence electrons. The molecule has 9 rings (SSSR count). The number of piperidine rings is 1. The van der Waals surface area contributed by atoms with E-state index in [4.69, 9.17) is 14.2 Å². The van der Waals surface area contributed by atoms with Gasteiger partial charge in [-0.05, 0) is 99.2 Å². The van der Waals surface area contributed by atoms with Crippen LogP contribution in [0.4, 0.5) is 0 Å². The first-order valence-electron chi connectivity index (χ1n) is 18.5. The van der Waals surface area contributed by atoms with Crippen LogP contribution in [0.2, 0.25) is 0 Å². The number of methoxy groups -OCH3 is 1. The molecule has 3 saturated carbocycles. The summed E-state index contributed by atoms with van der Waals surface area (Å²) in [5.74, 6) is 6.87. The number of carbonyl (C=O) groups excluding carboxylic acids is 1. The topological polar surface area (TPSA) is 138 Å². The van der Waals surface area contributed by atoms with Crippen LogP contribution in [0.15, 0.2) is 23.8 Å². The van der Waals surface area contributed by atoms with E-state index < -0.39 is 46.1 Å². The Kier molecular flexibility index (Phi) is 7.65. The molecule has 1 spiro atoms. The van der Waals surface area contributed by atoms with Crippen LogP contribution in [0.3, 0.4) is 0 Å². The molecular formula is C39H55NO8. The van der Waals surface area contributed by atoms with E-state index in [1.807, 2.05) is 6.92 Å². The molecule has 3 heterocycles. The summed E-state index contributed by atoms with van der Waals surface area (Å²) in [5, 5.41) is 53.2. The third kappa shape index (κ3) is 4.12. The maximum absolute atomic E-state index is 14.1. The lowest BCUT2D eigenvalue weighted by Crippen LogP contribution is -2.69. The maximum atomic E-state index is 14.1. The molecule has 0 aromatic heterocycles. The zero-order chi connectivity index (χ0) is 34.1. The van der Waals surface area contributed by atoms with Crippen molar-refractivity contribution in [2.45, 2.75) is 133 Å². The smallest absolute Gasteiger partial charge is 0.162 e. The second kappa shape index (κ2) is 10.9. The Hall–Kier alpha value is -1.61. The van der Waals surface area contributed by atoms with Gasteiger partial charge in [0.25, 0.3) is 0 Å². The van der Waals surface area contributed by atoms with Gasteiger partial charge in [0.15, 0.2) is 11.5 Å². The van der Waals surface area contributed by atoms with Crippen molar-refractivity contribution in [3.05, 3.63) is 23.8 Å². The summed E-state index contributed by atoms with van der Waals surface area (Å²) < 4.78 is 17.9. The largest absolute Gasteiger partial charge is 0.387 e. The zero-order valence-electron chi connectivity index (χ0n) is 29.2. The number of nitrogens with one attached hydrogen (secondary N) is 1. The van der Waals surface area contributed by atoms with Gasteiger partial charge in [-0.3, -0.25) is 10.1 Å². The summed E-state index contributed by atoms with van der Waals surface area (Å²) in [6.07, 6.45) is 8.88. The third-order valence-corrected chi connectivity index (χ3v) is 15.6. The van der Waals surface area contributed by atoms with E-state index in [9.17, 15) is 25.2 Å². The number of aliphatic hydroxyl groups excluding tert-OH is 1. The summed E-state index contributed by atoms with van der Waals surface area (Å²) in [6.45, 7) is 9.29.